The van der Waals surface area contributed by atoms with Crippen LogP contribution in [0.15, 0.2) is 71.8 Å². The molecule has 3 fully saturated rings. The number of hydrogen-bond donors (Lipinski definition) is 4. The van der Waals surface area contributed by atoms with Crippen molar-refractivity contribution in [2.24, 2.45) is 22.6 Å². The SMILES string of the molecule is CC(=O)O[C@@]12COC1C[C@H](O)[C@]1(C)C(=O)[C@@H](O)C3=C(C)C(OC(=O)C(OC(=O)CCSOOON)C(C)c4ccccc4)C[C@](O)([C@H](OC(=O)c4ccccc4)[C@H]12)C3(C)C. The highest BCUT2D eigenvalue weighted by atomic mass is 32.2. The first-order valence-corrected chi connectivity index (χ1v) is 20.4. The number of aliphatic hydroxyl groups is 3. The third-order valence-electron chi connectivity index (χ3n) is 13.0. The first-order valence-electron chi connectivity index (χ1n) is 19.5. The van der Waals surface area contributed by atoms with E-state index in [0.29, 0.717) is 17.6 Å². The van der Waals surface area contributed by atoms with Crippen LogP contribution in [0.3, 0.4) is 0 Å². The van der Waals surface area contributed by atoms with E-state index in [1.165, 1.54) is 26.0 Å². The number of Topliss-reactive ketones (excluding diaryl/α,β-unsaturated/α-hetero) is 1. The van der Waals surface area contributed by atoms with E-state index in [0.717, 1.165) is 6.92 Å². The van der Waals surface area contributed by atoms with Crippen LogP contribution < -0.4 is 5.90 Å². The van der Waals surface area contributed by atoms with Crippen molar-refractivity contribution in [1.29, 1.82) is 0 Å². The number of aliphatic hydroxyl groups excluding tert-OH is 2. The van der Waals surface area contributed by atoms with Crippen molar-refractivity contribution in [2.45, 2.75) is 115 Å². The van der Waals surface area contributed by atoms with Crippen molar-refractivity contribution in [3.63, 3.8) is 0 Å². The topological polar surface area (TPSA) is 246 Å². The van der Waals surface area contributed by atoms with Crippen LogP contribution in [0.2, 0.25) is 0 Å². The molecule has 2 aromatic carbocycles. The number of esters is 4. The number of rotatable bonds is 14. The zero-order chi connectivity index (χ0) is 43.8. The normalized spacial score (nSPS) is 32.7. The van der Waals surface area contributed by atoms with Gasteiger partial charge in [-0.05, 0) is 47.7 Å². The van der Waals surface area contributed by atoms with Crippen LogP contribution in [0, 0.1) is 16.7 Å². The second kappa shape index (κ2) is 17.6. The molecule has 1 heterocycles. The lowest BCUT2D eigenvalue weighted by molar-refractivity contribution is -0.464. The van der Waals surface area contributed by atoms with Gasteiger partial charge >= 0.3 is 23.9 Å². The Morgan fingerprint density at radius 3 is 2.25 bits per heavy atom. The Morgan fingerprint density at radius 1 is 1.00 bits per heavy atom. The van der Waals surface area contributed by atoms with Gasteiger partial charge in [-0.2, -0.15) is 5.90 Å². The lowest BCUT2D eigenvalue weighted by atomic mass is 9.44. The van der Waals surface area contributed by atoms with Crippen molar-refractivity contribution in [1.82, 2.24) is 0 Å². The summed E-state index contributed by atoms with van der Waals surface area (Å²) in [6, 6.07) is 16.6. The Kier molecular flexibility index (Phi) is 13.3. The smallest absolute Gasteiger partial charge is 0.348 e. The van der Waals surface area contributed by atoms with Gasteiger partial charge in [-0.25, -0.2) is 9.59 Å². The number of hydrogen-bond acceptors (Lipinski definition) is 18. The highest BCUT2D eigenvalue weighted by Gasteiger charge is 2.78. The predicted molar refractivity (Wildman–Crippen MR) is 208 cm³/mol. The van der Waals surface area contributed by atoms with Gasteiger partial charge in [0.1, 0.15) is 30.0 Å². The summed E-state index contributed by atoms with van der Waals surface area (Å²) in [5.41, 5.74) is -6.81. The summed E-state index contributed by atoms with van der Waals surface area (Å²) in [6.07, 6.45) is -10.2. The minimum Gasteiger partial charge on any atom is -0.455 e. The summed E-state index contributed by atoms with van der Waals surface area (Å²) >= 11 is 0.689. The highest BCUT2D eigenvalue weighted by Crippen LogP contribution is 2.64. The van der Waals surface area contributed by atoms with Crippen molar-refractivity contribution < 1.29 is 77.3 Å². The molecule has 0 amide bonds. The van der Waals surface area contributed by atoms with Crippen LogP contribution in [0.4, 0.5) is 0 Å². The molecule has 4 aliphatic rings. The van der Waals surface area contributed by atoms with Gasteiger partial charge in [-0.1, -0.05) is 69.3 Å². The van der Waals surface area contributed by atoms with Gasteiger partial charge in [0, 0.05) is 48.9 Å². The van der Waals surface area contributed by atoms with Gasteiger partial charge in [-0.15, -0.1) is 9.32 Å². The molecular formula is C42H51NO16S. The fraction of sp³-hybridized carbons (Fsp3) is 0.548. The van der Waals surface area contributed by atoms with Crippen LogP contribution in [0.25, 0.3) is 0 Å². The van der Waals surface area contributed by atoms with Crippen LogP contribution in [0.5, 0.6) is 0 Å². The quantitative estimate of drug-likeness (QED) is 0.0405. The number of fused-ring (bicyclic) bond motifs is 5. The zero-order valence-electron chi connectivity index (χ0n) is 34.1. The van der Waals surface area contributed by atoms with Crippen LogP contribution in [0.1, 0.15) is 82.6 Å². The van der Waals surface area contributed by atoms with E-state index in [1.54, 1.807) is 69.3 Å². The molecule has 6 rings (SSSR count). The number of nitrogens with two attached hydrogens (primary N) is 1. The lowest BCUT2D eigenvalue weighted by Gasteiger charge is -2.67. The number of ether oxygens (including phenoxy) is 5. The molecule has 3 aliphatic carbocycles. The number of carbonyl (C=O) groups excluding carboxylic acids is 5. The van der Waals surface area contributed by atoms with Crippen LogP contribution >= 0.6 is 12.0 Å². The van der Waals surface area contributed by atoms with Gasteiger partial charge in [0.05, 0.1) is 36.0 Å². The fourth-order valence-electron chi connectivity index (χ4n) is 9.66. The van der Waals surface area contributed by atoms with Gasteiger partial charge < -0.3 is 39.0 Å². The van der Waals surface area contributed by atoms with E-state index >= 15 is 4.79 Å². The average Bonchev–Trinajstić information content (AvgIpc) is 3.21. The first kappa shape index (κ1) is 45.3. The van der Waals surface area contributed by atoms with E-state index in [2.05, 4.69) is 14.4 Å². The van der Waals surface area contributed by atoms with Crippen LogP contribution in [-0.4, -0.2) is 105 Å². The molecule has 2 saturated carbocycles. The monoisotopic (exact) mass is 857 g/mol. The summed E-state index contributed by atoms with van der Waals surface area (Å²) in [6.45, 7) is 8.60. The Balaban J connectivity index is 1.46. The molecule has 1 aliphatic heterocycles. The maximum atomic E-state index is 15.0. The fourth-order valence-corrected chi connectivity index (χ4v) is 10.1. The van der Waals surface area contributed by atoms with Gasteiger partial charge in [0.25, 0.3) is 0 Å². The van der Waals surface area contributed by atoms with E-state index in [1.807, 2.05) is 0 Å². The Labute approximate surface area is 350 Å². The zero-order valence-corrected chi connectivity index (χ0v) is 34.9. The van der Waals surface area contributed by atoms with E-state index < -0.39 is 107 Å². The molecule has 0 spiro atoms. The molecule has 0 radical (unpaired) electrons. The summed E-state index contributed by atoms with van der Waals surface area (Å²) in [4.78, 5) is 73.5. The number of ketones is 1. The second-order valence-corrected chi connectivity index (χ2v) is 17.3. The molecule has 17 nitrogen and oxygen atoms in total. The Morgan fingerprint density at radius 2 is 1.65 bits per heavy atom. The summed E-state index contributed by atoms with van der Waals surface area (Å²) < 4.78 is 34.7. The van der Waals surface area contributed by atoms with Gasteiger partial charge in [0.15, 0.2) is 11.4 Å². The summed E-state index contributed by atoms with van der Waals surface area (Å²) in [5.74, 6) is -1.91. The lowest BCUT2D eigenvalue weighted by Crippen LogP contribution is -2.81. The van der Waals surface area contributed by atoms with Crippen molar-refractivity contribution in [3.05, 3.63) is 82.9 Å². The molecule has 1 saturated heterocycles. The maximum Gasteiger partial charge on any atom is 0.348 e. The van der Waals surface area contributed by atoms with E-state index in [9.17, 15) is 34.5 Å². The Hall–Kier alpha value is -4.24. The average molecular weight is 858 g/mol. The van der Waals surface area contributed by atoms with E-state index in [4.69, 9.17) is 29.6 Å². The highest BCUT2D eigenvalue weighted by molar-refractivity contribution is 7.94. The summed E-state index contributed by atoms with van der Waals surface area (Å²) in [5, 5.41) is 41.8. The van der Waals surface area contributed by atoms with E-state index in [-0.39, 0.29) is 41.9 Å². The molecule has 0 aromatic heterocycles. The third-order valence-corrected chi connectivity index (χ3v) is 13.5. The minimum absolute atomic E-state index is 0.0180. The number of benzene rings is 2. The molecule has 326 valence electrons. The third kappa shape index (κ3) is 7.89. The van der Waals surface area contributed by atoms with Crippen molar-refractivity contribution >= 4 is 41.7 Å². The largest absolute Gasteiger partial charge is 0.455 e. The molecule has 2 aromatic rings. The second-order valence-electron chi connectivity index (χ2n) is 16.5. The predicted octanol–water partition coefficient (Wildman–Crippen LogP) is 3.14. The molecular weight excluding hydrogens is 807 g/mol. The Bertz CT molecular complexity index is 1980. The summed E-state index contributed by atoms with van der Waals surface area (Å²) in [7, 11) is 0. The molecule has 5 N–H and O–H groups in total. The number of carbonyl (C=O) groups is 5. The molecule has 4 unspecified atom stereocenters. The van der Waals surface area contributed by atoms with Crippen LogP contribution in [-0.2, 0) is 57.2 Å². The van der Waals surface area contributed by atoms with Gasteiger partial charge in [0.2, 0.25) is 6.10 Å². The van der Waals surface area contributed by atoms with Crippen molar-refractivity contribution in [2.75, 3.05) is 12.4 Å². The first-order chi connectivity index (χ1) is 28.3. The minimum atomic E-state index is -2.33. The molecule has 11 atom stereocenters. The molecule has 60 heavy (non-hydrogen) atoms. The standard InChI is InChI=1S/C42H51NO16S/c1-22(25-13-9-7-10-14-25)33(54-30(46)17-18-60-59-58-57-43)38(50)53-27-20-42(51)36(55-37(49)26-15-11-8-12-16-26)34-40(6,35(48)32(47)31(23(27)2)39(42,4)5)28(45)19-29-41(34,21-52-29)56-24(3)44/h7-16,22,27-29,32-34,36,45,47,51H,17-21,43H2,1-6H3/t22?,27?,28-,29?,32-,33?,34+,36+,40-,41-,42-/m0/s1. The van der Waals surface area contributed by atoms with Gasteiger partial charge in [-0.3, -0.25) is 14.4 Å². The van der Waals surface area contributed by atoms with Crippen molar-refractivity contribution in [3.8, 4) is 0 Å². The maximum absolute atomic E-state index is 15.0. The molecule has 2 bridgehead atoms. The molecule has 18 heteroatoms.